The first-order valence-electron chi connectivity index (χ1n) is 10.0. The molecule has 0 saturated carbocycles. The monoisotopic (exact) mass is 468 g/mol. The van der Waals surface area contributed by atoms with E-state index in [4.69, 9.17) is 0 Å². The van der Waals surface area contributed by atoms with Crippen molar-refractivity contribution in [2.45, 2.75) is 19.5 Å². The van der Waals surface area contributed by atoms with E-state index in [-0.39, 0.29) is 10.6 Å². The van der Waals surface area contributed by atoms with Gasteiger partial charge in [-0.25, -0.2) is 0 Å². The predicted molar refractivity (Wildman–Crippen MR) is 120 cm³/mol. The standard InChI is InChI=1S/C15H15N3O2.C6H5N3O5/c19-18(20)14-8-13-11-17(7-6-15(13)16-9-14)10-12-4-2-1-3-5-12;1-7-3-4(8(11)12)2-5(6(7)10)9(13)14/h1-5,8-9H,6-7,10-11H2;2-3H,1H3. The summed E-state index contributed by atoms with van der Waals surface area (Å²) in [6, 6.07) is 12.5. The first-order valence-corrected chi connectivity index (χ1v) is 10.0. The highest BCUT2D eigenvalue weighted by Gasteiger charge is 2.21. The molecule has 0 bridgehead atoms. The Morgan fingerprint density at radius 1 is 0.971 bits per heavy atom. The van der Waals surface area contributed by atoms with Gasteiger partial charge in [-0.3, -0.25) is 45.0 Å². The van der Waals surface area contributed by atoms with Gasteiger partial charge in [0.1, 0.15) is 12.3 Å². The van der Waals surface area contributed by atoms with Crippen LogP contribution in [0.2, 0.25) is 0 Å². The number of fused-ring (bicyclic) bond motifs is 1. The maximum atomic E-state index is 11.1. The lowest BCUT2D eigenvalue weighted by Crippen LogP contribution is -2.30. The Bertz CT molecular complexity index is 1290. The minimum absolute atomic E-state index is 0.0744. The van der Waals surface area contributed by atoms with Crippen molar-refractivity contribution < 1.29 is 14.8 Å². The Balaban J connectivity index is 0.000000204. The van der Waals surface area contributed by atoms with E-state index >= 15 is 0 Å². The minimum atomic E-state index is -0.949. The first kappa shape index (κ1) is 24.1. The Hall–Kier alpha value is -4.52. The van der Waals surface area contributed by atoms with Crippen molar-refractivity contribution in [3.05, 3.63) is 112 Å². The number of hydrogen-bond donors (Lipinski definition) is 0. The van der Waals surface area contributed by atoms with E-state index in [0.29, 0.717) is 6.07 Å². The maximum absolute atomic E-state index is 11.1. The van der Waals surface area contributed by atoms with Crippen LogP contribution in [0.3, 0.4) is 0 Å². The van der Waals surface area contributed by atoms with Crippen molar-refractivity contribution >= 4 is 17.1 Å². The molecule has 0 N–H and O–H groups in total. The van der Waals surface area contributed by atoms with E-state index in [9.17, 15) is 35.1 Å². The molecule has 0 unspecified atom stereocenters. The molecule has 1 aliphatic rings. The van der Waals surface area contributed by atoms with Crippen LogP contribution in [0.4, 0.5) is 17.1 Å². The van der Waals surface area contributed by atoms with E-state index in [0.717, 1.165) is 48.1 Å². The predicted octanol–water partition coefficient (Wildman–Crippen LogP) is 2.75. The molecule has 3 heterocycles. The summed E-state index contributed by atoms with van der Waals surface area (Å²) in [7, 11) is 1.21. The van der Waals surface area contributed by atoms with Crippen molar-refractivity contribution in [1.29, 1.82) is 0 Å². The highest BCUT2D eigenvalue weighted by Crippen LogP contribution is 2.22. The van der Waals surface area contributed by atoms with Gasteiger partial charge < -0.3 is 4.57 Å². The average molecular weight is 468 g/mol. The summed E-state index contributed by atoms with van der Waals surface area (Å²) < 4.78 is 0.802. The van der Waals surface area contributed by atoms with Crippen LogP contribution in [0.15, 0.2) is 59.7 Å². The fourth-order valence-corrected chi connectivity index (χ4v) is 3.46. The van der Waals surface area contributed by atoms with Crippen molar-refractivity contribution in [1.82, 2.24) is 14.5 Å². The quantitative estimate of drug-likeness (QED) is 0.404. The summed E-state index contributed by atoms with van der Waals surface area (Å²) in [5, 5.41) is 31.4. The smallest absolute Gasteiger partial charge is 0.306 e. The van der Waals surface area contributed by atoms with Crippen LogP contribution in [0.5, 0.6) is 0 Å². The van der Waals surface area contributed by atoms with Gasteiger partial charge in [0, 0.05) is 44.9 Å². The summed E-state index contributed by atoms with van der Waals surface area (Å²) in [4.78, 5) is 46.9. The Morgan fingerprint density at radius 3 is 2.26 bits per heavy atom. The molecule has 13 heteroatoms. The zero-order valence-electron chi connectivity index (χ0n) is 18.1. The molecule has 1 aliphatic heterocycles. The second-order valence-electron chi connectivity index (χ2n) is 7.52. The summed E-state index contributed by atoms with van der Waals surface area (Å²) >= 11 is 0. The summed E-state index contributed by atoms with van der Waals surface area (Å²) in [6.45, 7) is 2.52. The Kier molecular flexibility index (Phi) is 7.38. The lowest BCUT2D eigenvalue weighted by Gasteiger charge is -2.27. The van der Waals surface area contributed by atoms with Gasteiger partial charge in [-0.15, -0.1) is 0 Å². The van der Waals surface area contributed by atoms with Crippen molar-refractivity contribution in [2.75, 3.05) is 6.54 Å². The summed E-state index contributed by atoms with van der Waals surface area (Å²) in [5.74, 6) is 0. The second-order valence-corrected chi connectivity index (χ2v) is 7.52. The molecular formula is C21H20N6O7. The topological polar surface area (TPSA) is 168 Å². The fourth-order valence-electron chi connectivity index (χ4n) is 3.46. The molecule has 4 rings (SSSR count). The van der Waals surface area contributed by atoms with Gasteiger partial charge in [0.2, 0.25) is 0 Å². The number of nitro groups is 3. The number of aromatic nitrogens is 2. The van der Waals surface area contributed by atoms with Gasteiger partial charge in [-0.2, -0.15) is 0 Å². The third-order valence-corrected chi connectivity index (χ3v) is 5.12. The number of benzene rings is 1. The average Bonchev–Trinajstić information content (AvgIpc) is 2.81. The lowest BCUT2D eigenvalue weighted by molar-refractivity contribution is -0.395. The molecule has 0 atom stereocenters. The van der Waals surface area contributed by atoms with Crippen LogP contribution in [-0.2, 0) is 26.6 Å². The lowest BCUT2D eigenvalue weighted by atomic mass is 10.0. The molecule has 2 aromatic heterocycles. The normalized spacial score (nSPS) is 12.7. The van der Waals surface area contributed by atoms with E-state index < -0.39 is 26.8 Å². The number of aryl methyl sites for hydroxylation is 1. The highest BCUT2D eigenvalue weighted by molar-refractivity contribution is 5.39. The van der Waals surface area contributed by atoms with E-state index in [2.05, 4.69) is 22.0 Å². The van der Waals surface area contributed by atoms with Crippen LogP contribution >= 0.6 is 0 Å². The largest absolute Gasteiger partial charge is 0.340 e. The molecule has 34 heavy (non-hydrogen) atoms. The molecule has 0 radical (unpaired) electrons. The van der Waals surface area contributed by atoms with E-state index in [1.54, 1.807) is 6.07 Å². The number of hydrogen-bond acceptors (Lipinski definition) is 9. The summed E-state index contributed by atoms with van der Waals surface area (Å²) in [5.41, 5.74) is 1.13. The van der Waals surface area contributed by atoms with Crippen LogP contribution in [0.1, 0.15) is 16.8 Å². The maximum Gasteiger partial charge on any atom is 0.340 e. The van der Waals surface area contributed by atoms with Crippen molar-refractivity contribution in [2.24, 2.45) is 7.05 Å². The zero-order valence-corrected chi connectivity index (χ0v) is 18.1. The van der Waals surface area contributed by atoms with E-state index in [1.165, 1.54) is 18.8 Å². The second kappa shape index (κ2) is 10.4. The van der Waals surface area contributed by atoms with Crippen LogP contribution in [0, 0.1) is 30.3 Å². The van der Waals surface area contributed by atoms with Gasteiger partial charge in [0.15, 0.2) is 0 Å². The number of rotatable bonds is 5. The third kappa shape index (κ3) is 5.83. The van der Waals surface area contributed by atoms with Gasteiger partial charge in [-0.1, -0.05) is 30.3 Å². The SMILES string of the molecule is Cn1cc([N+](=O)[O-])cc([N+](=O)[O-])c1=O.O=[N+]([O-])c1cnc2c(c1)CN(Cc1ccccc1)CC2. The van der Waals surface area contributed by atoms with E-state index in [1.807, 2.05) is 18.2 Å². The third-order valence-electron chi connectivity index (χ3n) is 5.12. The highest BCUT2D eigenvalue weighted by atomic mass is 16.6. The van der Waals surface area contributed by atoms with Gasteiger partial charge >= 0.3 is 11.2 Å². The first-order chi connectivity index (χ1) is 16.2. The molecule has 0 amide bonds. The van der Waals surface area contributed by atoms with Crippen LogP contribution in [-0.4, -0.2) is 35.8 Å². The van der Waals surface area contributed by atoms with Crippen molar-refractivity contribution in [3.8, 4) is 0 Å². The number of pyridine rings is 2. The molecule has 13 nitrogen and oxygen atoms in total. The molecule has 1 aromatic carbocycles. The van der Waals surface area contributed by atoms with Crippen LogP contribution < -0.4 is 5.56 Å². The Labute approximate surface area is 192 Å². The van der Waals surface area contributed by atoms with Crippen LogP contribution in [0.25, 0.3) is 0 Å². The molecule has 0 saturated heterocycles. The fraction of sp³-hybridized carbons (Fsp3) is 0.238. The van der Waals surface area contributed by atoms with Crippen molar-refractivity contribution in [3.63, 3.8) is 0 Å². The molecule has 176 valence electrons. The minimum Gasteiger partial charge on any atom is -0.306 e. The van der Waals surface area contributed by atoms with Gasteiger partial charge in [0.25, 0.3) is 11.4 Å². The molecule has 0 aliphatic carbocycles. The molecule has 0 spiro atoms. The number of nitrogens with zero attached hydrogens (tertiary/aromatic N) is 6. The van der Waals surface area contributed by atoms with Gasteiger partial charge in [0.05, 0.1) is 21.0 Å². The Morgan fingerprint density at radius 2 is 1.65 bits per heavy atom. The van der Waals surface area contributed by atoms with Gasteiger partial charge in [-0.05, 0) is 11.1 Å². The molecule has 0 fully saturated rings. The molecule has 3 aromatic rings. The summed E-state index contributed by atoms with van der Waals surface area (Å²) in [6.07, 6.45) is 3.13. The zero-order chi connectivity index (χ0) is 24.8. The molecular weight excluding hydrogens is 448 g/mol.